The summed E-state index contributed by atoms with van der Waals surface area (Å²) in [5, 5.41) is 19.4. The predicted octanol–water partition coefficient (Wildman–Crippen LogP) is 2.10. The van der Waals surface area contributed by atoms with Gasteiger partial charge in [-0.15, -0.1) is 6.58 Å². The number of rotatable bonds is 2. The predicted molar refractivity (Wildman–Crippen MR) is 55.3 cm³/mol. The average molecular weight is 190 g/mol. The molecule has 1 aliphatic rings. The Kier molecular flexibility index (Phi) is 2.30. The number of benzene rings is 1. The Hall–Kier alpha value is -1.28. The van der Waals surface area contributed by atoms with Gasteiger partial charge in [0.15, 0.2) is 0 Å². The maximum absolute atomic E-state index is 9.77. The van der Waals surface area contributed by atoms with E-state index in [0.717, 1.165) is 29.5 Å². The van der Waals surface area contributed by atoms with Crippen LogP contribution in [-0.4, -0.2) is 10.2 Å². The van der Waals surface area contributed by atoms with Crippen molar-refractivity contribution < 1.29 is 10.2 Å². The van der Waals surface area contributed by atoms with Gasteiger partial charge < -0.3 is 10.2 Å². The van der Waals surface area contributed by atoms with E-state index in [1.165, 1.54) is 0 Å². The highest BCUT2D eigenvalue weighted by molar-refractivity contribution is 5.48. The number of fused-ring (bicyclic) bond motifs is 1. The van der Waals surface area contributed by atoms with Crippen LogP contribution < -0.4 is 0 Å². The van der Waals surface area contributed by atoms with E-state index >= 15 is 0 Å². The second-order valence-electron chi connectivity index (χ2n) is 3.68. The third-order valence-corrected chi connectivity index (χ3v) is 2.79. The molecule has 0 heterocycles. The van der Waals surface area contributed by atoms with E-state index in [0.29, 0.717) is 6.42 Å². The molecule has 1 unspecified atom stereocenters. The molecular formula is C12H14O2. The number of aliphatic hydroxyl groups is 1. The Morgan fingerprint density at radius 3 is 3.00 bits per heavy atom. The lowest BCUT2D eigenvalue weighted by Gasteiger charge is -2.11. The van der Waals surface area contributed by atoms with Gasteiger partial charge in [-0.1, -0.05) is 12.1 Å². The van der Waals surface area contributed by atoms with Crippen molar-refractivity contribution in [2.75, 3.05) is 0 Å². The molecule has 1 aromatic carbocycles. The fourth-order valence-corrected chi connectivity index (χ4v) is 2.13. The molecule has 0 aromatic heterocycles. The summed E-state index contributed by atoms with van der Waals surface area (Å²) in [5.41, 5.74) is 2.92. The summed E-state index contributed by atoms with van der Waals surface area (Å²) < 4.78 is 0. The van der Waals surface area contributed by atoms with Gasteiger partial charge in [-0.05, 0) is 36.5 Å². The van der Waals surface area contributed by atoms with E-state index in [1.807, 2.05) is 6.07 Å². The van der Waals surface area contributed by atoms with Gasteiger partial charge in [0, 0.05) is 5.56 Å². The lowest BCUT2D eigenvalue weighted by molar-refractivity contribution is 0.179. The topological polar surface area (TPSA) is 40.5 Å². The molecule has 0 saturated heterocycles. The molecule has 1 atom stereocenters. The van der Waals surface area contributed by atoms with Crippen LogP contribution in [0.3, 0.4) is 0 Å². The molecule has 0 amide bonds. The Labute approximate surface area is 83.5 Å². The Bertz CT molecular complexity index is 369. The van der Waals surface area contributed by atoms with Gasteiger partial charge >= 0.3 is 0 Å². The van der Waals surface area contributed by atoms with E-state index in [2.05, 4.69) is 6.58 Å². The van der Waals surface area contributed by atoms with Crippen LogP contribution >= 0.6 is 0 Å². The molecule has 1 aliphatic carbocycles. The molecule has 0 spiro atoms. The number of aliphatic hydroxyl groups excluding tert-OH is 1. The fraction of sp³-hybridized carbons (Fsp3) is 0.333. The van der Waals surface area contributed by atoms with E-state index in [9.17, 15) is 10.2 Å². The third kappa shape index (κ3) is 1.32. The zero-order chi connectivity index (χ0) is 10.1. The zero-order valence-corrected chi connectivity index (χ0v) is 8.03. The van der Waals surface area contributed by atoms with Crippen molar-refractivity contribution in [1.82, 2.24) is 0 Å². The standard InChI is InChI=1S/C12H14O2/c1-2-3-9-10(13)6-4-8-5-7-11(14)12(8)9/h2,4,6,11,13-14H,1,3,5,7H2. The van der Waals surface area contributed by atoms with Crippen LogP contribution in [0.25, 0.3) is 0 Å². The van der Waals surface area contributed by atoms with Gasteiger partial charge in [0.2, 0.25) is 0 Å². The van der Waals surface area contributed by atoms with Gasteiger partial charge in [0.1, 0.15) is 5.75 Å². The fourth-order valence-electron chi connectivity index (χ4n) is 2.13. The summed E-state index contributed by atoms with van der Waals surface area (Å²) in [6.45, 7) is 3.65. The summed E-state index contributed by atoms with van der Waals surface area (Å²) in [7, 11) is 0. The number of allylic oxidation sites excluding steroid dienone is 1. The number of aryl methyl sites for hydroxylation is 1. The lowest BCUT2D eigenvalue weighted by Crippen LogP contribution is -1.97. The van der Waals surface area contributed by atoms with Crippen LogP contribution in [0.5, 0.6) is 5.75 Å². The molecule has 1 aromatic rings. The van der Waals surface area contributed by atoms with Crippen LogP contribution in [0.4, 0.5) is 0 Å². The first kappa shape index (κ1) is 9.28. The van der Waals surface area contributed by atoms with Gasteiger partial charge in [-0.25, -0.2) is 0 Å². The molecule has 0 aliphatic heterocycles. The highest BCUT2D eigenvalue weighted by Crippen LogP contribution is 2.37. The summed E-state index contributed by atoms with van der Waals surface area (Å²) >= 11 is 0. The molecule has 2 N–H and O–H groups in total. The first-order chi connectivity index (χ1) is 6.74. The number of hydrogen-bond donors (Lipinski definition) is 2. The Morgan fingerprint density at radius 1 is 1.50 bits per heavy atom. The Morgan fingerprint density at radius 2 is 2.29 bits per heavy atom. The summed E-state index contributed by atoms with van der Waals surface area (Å²) in [6, 6.07) is 3.60. The maximum atomic E-state index is 9.77. The van der Waals surface area contributed by atoms with Gasteiger partial charge in [0.25, 0.3) is 0 Å². The molecule has 2 nitrogen and oxygen atoms in total. The van der Waals surface area contributed by atoms with Crippen LogP contribution in [0.2, 0.25) is 0 Å². The average Bonchev–Trinajstić information content (AvgIpc) is 2.53. The summed E-state index contributed by atoms with van der Waals surface area (Å²) in [5.74, 6) is 0.268. The van der Waals surface area contributed by atoms with Crippen molar-refractivity contribution in [1.29, 1.82) is 0 Å². The second-order valence-corrected chi connectivity index (χ2v) is 3.68. The summed E-state index contributed by atoms with van der Waals surface area (Å²) in [4.78, 5) is 0. The Balaban J connectivity index is 2.55. The zero-order valence-electron chi connectivity index (χ0n) is 8.03. The second kappa shape index (κ2) is 3.46. The third-order valence-electron chi connectivity index (χ3n) is 2.79. The van der Waals surface area contributed by atoms with Gasteiger partial charge in [0.05, 0.1) is 6.10 Å². The number of phenols is 1. The van der Waals surface area contributed by atoms with Crippen LogP contribution in [0.1, 0.15) is 29.2 Å². The molecule has 14 heavy (non-hydrogen) atoms. The van der Waals surface area contributed by atoms with Crippen molar-refractivity contribution in [2.45, 2.75) is 25.4 Å². The van der Waals surface area contributed by atoms with E-state index < -0.39 is 6.10 Å². The molecule has 0 saturated carbocycles. The summed E-state index contributed by atoms with van der Waals surface area (Å²) in [6.07, 6.45) is 3.63. The van der Waals surface area contributed by atoms with Crippen LogP contribution in [0.15, 0.2) is 24.8 Å². The molecule has 74 valence electrons. The van der Waals surface area contributed by atoms with Crippen LogP contribution in [0, 0.1) is 0 Å². The van der Waals surface area contributed by atoms with Crippen molar-refractivity contribution in [3.63, 3.8) is 0 Å². The van der Waals surface area contributed by atoms with Crippen molar-refractivity contribution in [2.24, 2.45) is 0 Å². The van der Waals surface area contributed by atoms with E-state index in [1.54, 1.807) is 12.1 Å². The van der Waals surface area contributed by atoms with Crippen molar-refractivity contribution in [3.05, 3.63) is 41.5 Å². The molecule has 0 radical (unpaired) electrons. The minimum Gasteiger partial charge on any atom is -0.508 e. The van der Waals surface area contributed by atoms with E-state index in [-0.39, 0.29) is 5.75 Å². The molecular weight excluding hydrogens is 176 g/mol. The van der Waals surface area contributed by atoms with Crippen LogP contribution in [-0.2, 0) is 12.8 Å². The van der Waals surface area contributed by atoms with E-state index in [4.69, 9.17) is 0 Å². The van der Waals surface area contributed by atoms with Gasteiger partial charge in [-0.2, -0.15) is 0 Å². The SMILES string of the molecule is C=CCc1c(O)ccc2c1C(O)CC2. The minimum absolute atomic E-state index is 0.268. The van der Waals surface area contributed by atoms with Gasteiger partial charge in [-0.3, -0.25) is 0 Å². The number of phenolic OH excluding ortho intramolecular Hbond substituents is 1. The van der Waals surface area contributed by atoms with Crippen molar-refractivity contribution >= 4 is 0 Å². The maximum Gasteiger partial charge on any atom is 0.119 e. The number of aromatic hydroxyl groups is 1. The first-order valence-electron chi connectivity index (χ1n) is 4.86. The number of hydrogen-bond acceptors (Lipinski definition) is 2. The molecule has 2 rings (SSSR count). The highest BCUT2D eigenvalue weighted by Gasteiger charge is 2.24. The minimum atomic E-state index is -0.410. The molecule has 0 bridgehead atoms. The lowest BCUT2D eigenvalue weighted by atomic mass is 9.98. The first-order valence-corrected chi connectivity index (χ1v) is 4.86. The molecule has 0 fully saturated rings. The quantitative estimate of drug-likeness (QED) is 0.701. The monoisotopic (exact) mass is 190 g/mol. The molecule has 2 heteroatoms. The largest absolute Gasteiger partial charge is 0.508 e. The highest BCUT2D eigenvalue weighted by atomic mass is 16.3. The van der Waals surface area contributed by atoms with Crippen molar-refractivity contribution in [3.8, 4) is 5.75 Å². The normalized spacial score (nSPS) is 19.4. The smallest absolute Gasteiger partial charge is 0.119 e.